The van der Waals surface area contributed by atoms with E-state index in [-0.39, 0.29) is 36.2 Å². The van der Waals surface area contributed by atoms with Gasteiger partial charge >= 0.3 is 0 Å². The van der Waals surface area contributed by atoms with Crippen molar-refractivity contribution in [2.24, 2.45) is 0 Å². The number of halogens is 1. The van der Waals surface area contributed by atoms with Crippen molar-refractivity contribution in [2.45, 2.75) is 23.1 Å². The number of benzene rings is 1. The Morgan fingerprint density at radius 2 is 1.91 bits per heavy atom. The number of amides is 2. The second-order valence-electron chi connectivity index (χ2n) is 7.93. The Kier molecular flexibility index (Phi) is 7.55. The number of aromatic nitrogens is 1. The molecule has 0 unspecified atom stereocenters. The van der Waals surface area contributed by atoms with Crippen molar-refractivity contribution in [3.8, 4) is 10.4 Å². The molecule has 9 nitrogen and oxygen atoms in total. The van der Waals surface area contributed by atoms with Crippen LogP contribution in [0.4, 0.5) is 4.39 Å². The normalized spacial score (nSPS) is 16.7. The maximum Gasteiger partial charge on any atom is 0.263 e. The van der Waals surface area contributed by atoms with Crippen molar-refractivity contribution in [2.75, 3.05) is 19.6 Å². The number of nitrogens with zero attached hydrogens (tertiary/aromatic N) is 3. The van der Waals surface area contributed by atoms with Gasteiger partial charge in [-0.05, 0) is 47.9 Å². The monoisotopic (exact) mass is 518 g/mol. The molecular formula is C23H23FN4O5S2. The SMILES string of the molecule is O=C(NO)[C@H]1CN(C(=O)CCc2cccnc2)CCN1S(=O)(=O)c1ccc(-c2ccc(F)cc2)s1. The van der Waals surface area contributed by atoms with Crippen molar-refractivity contribution in [3.05, 3.63) is 72.3 Å². The van der Waals surface area contributed by atoms with Gasteiger partial charge in [-0.25, -0.2) is 18.3 Å². The Morgan fingerprint density at radius 3 is 2.60 bits per heavy atom. The molecule has 3 aromatic rings. The zero-order chi connectivity index (χ0) is 25.0. The van der Waals surface area contributed by atoms with Gasteiger partial charge in [0, 0.05) is 43.3 Å². The number of piperazine rings is 1. The third kappa shape index (κ3) is 5.56. The van der Waals surface area contributed by atoms with Crippen LogP contribution in [0, 0.1) is 5.82 Å². The Morgan fingerprint density at radius 1 is 1.14 bits per heavy atom. The highest BCUT2D eigenvalue weighted by Gasteiger charge is 2.41. The lowest BCUT2D eigenvalue weighted by molar-refractivity contribution is -0.139. The van der Waals surface area contributed by atoms with Crippen LogP contribution in [0.3, 0.4) is 0 Å². The number of carbonyl (C=O) groups excluding carboxylic acids is 2. The molecule has 1 atom stereocenters. The number of hydrogen-bond donors (Lipinski definition) is 2. The summed E-state index contributed by atoms with van der Waals surface area (Å²) in [6, 6.07) is 11.1. The molecule has 1 aliphatic heterocycles. The van der Waals surface area contributed by atoms with E-state index in [0.717, 1.165) is 21.2 Å². The average molecular weight is 519 g/mol. The first-order valence-electron chi connectivity index (χ1n) is 10.8. The van der Waals surface area contributed by atoms with Gasteiger partial charge in [0.25, 0.3) is 15.9 Å². The molecule has 35 heavy (non-hydrogen) atoms. The number of rotatable bonds is 7. The van der Waals surface area contributed by atoms with E-state index in [1.165, 1.54) is 28.6 Å². The quantitative estimate of drug-likeness (QED) is 0.366. The lowest BCUT2D eigenvalue weighted by atomic mass is 10.1. The van der Waals surface area contributed by atoms with Crippen LogP contribution in [-0.4, -0.2) is 65.3 Å². The van der Waals surface area contributed by atoms with E-state index >= 15 is 0 Å². The zero-order valence-electron chi connectivity index (χ0n) is 18.5. The first-order chi connectivity index (χ1) is 16.8. The van der Waals surface area contributed by atoms with Crippen LogP contribution in [0.25, 0.3) is 10.4 Å². The standard InChI is InChI=1S/C23H23FN4O5S2/c24-18-6-4-17(5-7-18)20-8-10-22(34-20)35(32,33)28-13-12-27(15-19(28)23(30)26-31)21(29)9-3-16-2-1-11-25-14-16/h1-2,4-8,10-11,14,19,31H,3,9,12-13,15H2,(H,26,30)/t19-/m1/s1. The average Bonchev–Trinajstić information content (AvgIpc) is 3.39. The lowest BCUT2D eigenvalue weighted by Crippen LogP contribution is -2.61. The summed E-state index contributed by atoms with van der Waals surface area (Å²) in [6.07, 6.45) is 3.95. The van der Waals surface area contributed by atoms with Gasteiger partial charge in [0.2, 0.25) is 5.91 Å². The molecule has 1 aromatic carbocycles. The Bertz CT molecular complexity index is 1300. The van der Waals surface area contributed by atoms with Crippen molar-refractivity contribution in [1.29, 1.82) is 0 Å². The van der Waals surface area contributed by atoms with E-state index in [9.17, 15) is 27.6 Å². The number of sulfonamides is 1. The largest absolute Gasteiger partial charge is 0.339 e. The Labute approximate surface area is 205 Å². The summed E-state index contributed by atoms with van der Waals surface area (Å²) in [4.78, 5) is 31.2. The van der Waals surface area contributed by atoms with Crippen LogP contribution >= 0.6 is 11.3 Å². The summed E-state index contributed by atoms with van der Waals surface area (Å²) in [5.74, 6) is -1.55. The van der Waals surface area contributed by atoms with E-state index in [2.05, 4.69) is 4.98 Å². The predicted octanol–water partition coefficient (Wildman–Crippen LogP) is 2.29. The molecule has 0 spiro atoms. The molecule has 2 aromatic heterocycles. The summed E-state index contributed by atoms with van der Waals surface area (Å²) in [6.45, 7) is -0.187. The second kappa shape index (κ2) is 10.6. The van der Waals surface area contributed by atoms with E-state index in [1.54, 1.807) is 36.7 Å². The Hall–Kier alpha value is -3.19. The topological polar surface area (TPSA) is 120 Å². The molecule has 4 rings (SSSR count). The van der Waals surface area contributed by atoms with E-state index in [1.807, 2.05) is 6.07 Å². The van der Waals surface area contributed by atoms with Gasteiger partial charge in [-0.15, -0.1) is 11.3 Å². The first kappa shape index (κ1) is 24.9. The fourth-order valence-electron chi connectivity index (χ4n) is 3.87. The Balaban J connectivity index is 1.50. The van der Waals surface area contributed by atoms with Gasteiger partial charge in [-0.1, -0.05) is 18.2 Å². The first-order valence-corrected chi connectivity index (χ1v) is 13.0. The molecule has 3 heterocycles. The number of nitrogens with one attached hydrogen (secondary N) is 1. The van der Waals surface area contributed by atoms with Crippen molar-refractivity contribution < 1.29 is 27.6 Å². The smallest absolute Gasteiger partial charge is 0.263 e. The molecule has 0 aliphatic carbocycles. The van der Waals surface area contributed by atoms with Gasteiger partial charge in [0.05, 0.1) is 0 Å². The number of hydrogen-bond acceptors (Lipinski definition) is 7. The van der Waals surface area contributed by atoms with Crippen LogP contribution in [-0.2, 0) is 26.0 Å². The highest BCUT2D eigenvalue weighted by atomic mass is 32.2. The van der Waals surface area contributed by atoms with Crippen LogP contribution in [0.2, 0.25) is 0 Å². The second-order valence-corrected chi connectivity index (χ2v) is 11.1. The van der Waals surface area contributed by atoms with Crippen molar-refractivity contribution in [3.63, 3.8) is 0 Å². The molecule has 1 fully saturated rings. The fraction of sp³-hybridized carbons (Fsp3) is 0.261. The van der Waals surface area contributed by atoms with Gasteiger partial charge < -0.3 is 4.90 Å². The zero-order valence-corrected chi connectivity index (χ0v) is 20.1. The highest BCUT2D eigenvalue weighted by molar-refractivity contribution is 7.91. The van der Waals surface area contributed by atoms with Gasteiger partial charge in [-0.2, -0.15) is 4.31 Å². The fourth-order valence-corrected chi connectivity index (χ4v) is 6.88. The lowest BCUT2D eigenvalue weighted by Gasteiger charge is -2.39. The number of hydroxylamine groups is 1. The molecule has 0 radical (unpaired) electrons. The summed E-state index contributed by atoms with van der Waals surface area (Å²) in [5.41, 5.74) is 3.07. The van der Waals surface area contributed by atoms with E-state index in [4.69, 9.17) is 0 Å². The van der Waals surface area contributed by atoms with E-state index in [0.29, 0.717) is 16.9 Å². The number of carbonyl (C=O) groups is 2. The van der Waals surface area contributed by atoms with Crippen molar-refractivity contribution >= 4 is 33.2 Å². The number of pyridine rings is 1. The minimum Gasteiger partial charge on any atom is -0.339 e. The van der Waals surface area contributed by atoms with Crippen LogP contribution < -0.4 is 5.48 Å². The molecule has 2 amide bonds. The molecule has 2 N–H and O–H groups in total. The molecule has 184 valence electrons. The number of aryl methyl sites for hydroxylation is 1. The minimum atomic E-state index is -4.11. The van der Waals surface area contributed by atoms with Crippen LogP contribution in [0.15, 0.2) is 65.1 Å². The summed E-state index contributed by atoms with van der Waals surface area (Å²) in [7, 11) is -4.11. The van der Waals surface area contributed by atoms with Gasteiger partial charge in [0.1, 0.15) is 16.1 Å². The van der Waals surface area contributed by atoms with Crippen LogP contribution in [0.5, 0.6) is 0 Å². The molecule has 1 saturated heterocycles. The maximum absolute atomic E-state index is 13.4. The third-order valence-electron chi connectivity index (χ3n) is 5.72. The third-order valence-corrected chi connectivity index (χ3v) is 9.23. The van der Waals surface area contributed by atoms with Gasteiger partial charge in [0.15, 0.2) is 0 Å². The van der Waals surface area contributed by atoms with Crippen molar-refractivity contribution in [1.82, 2.24) is 19.7 Å². The van der Waals surface area contributed by atoms with E-state index < -0.39 is 27.8 Å². The summed E-state index contributed by atoms with van der Waals surface area (Å²) >= 11 is 0.994. The molecular weight excluding hydrogens is 495 g/mol. The predicted molar refractivity (Wildman–Crippen MR) is 126 cm³/mol. The molecule has 12 heteroatoms. The molecule has 0 bridgehead atoms. The summed E-state index contributed by atoms with van der Waals surface area (Å²) < 4.78 is 41.1. The number of thiophene rings is 1. The van der Waals surface area contributed by atoms with Gasteiger partial charge in [-0.3, -0.25) is 19.8 Å². The van der Waals surface area contributed by atoms with Crippen LogP contribution in [0.1, 0.15) is 12.0 Å². The molecule has 1 aliphatic rings. The summed E-state index contributed by atoms with van der Waals surface area (Å²) in [5, 5.41) is 9.23. The minimum absolute atomic E-state index is 0.00363. The maximum atomic E-state index is 13.4. The highest BCUT2D eigenvalue weighted by Crippen LogP contribution is 2.33. The molecule has 0 saturated carbocycles.